The second kappa shape index (κ2) is 6.06. The molecule has 20 heavy (non-hydrogen) atoms. The van der Waals surface area contributed by atoms with Crippen LogP contribution in [0, 0.1) is 12.7 Å². The Kier molecular flexibility index (Phi) is 4.40. The molecular formula is C17H20FNO. The Morgan fingerprint density at radius 1 is 1.15 bits per heavy atom. The summed E-state index contributed by atoms with van der Waals surface area (Å²) < 4.78 is 14.3. The van der Waals surface area contributed by atoms with E-state index in [1.54, 1.807) is 19.1 Å². The topological polar surface area (TPSA) is 23.5 Å². The van der Waals surface area contributed by atoms with E-state index < -0.39 is 6.10 Å². The van der Waals surface area contributed by atoms with E-state index in [2.05, 4.69) is 0 Å². The summed E-state index contributed by atoms with van der Waals surface area (Å²) >= 11 is 0. The van der Waals surface area contributed by atoms with E-state index in [1.807, 2.05) is 43.0 Å². The second-order valence-corrected chi connectivity index (χ2v) is 4.88. The number of nitrogens with zero attached hydrogens (tertiary/aromatic N) is 1. The molecule has 0 unspecified atom stereocenters. The Balaban J connectivity index is 2.61. The van der Waals surface area contributed by atoms with Gasteiger partial charge < -0.3 is 10.0 Å². The van der Waals surface area contributed by atoms with Crippen molar-refractivity contribution in [2.24, 2.45) is 0 Å². The van der Waals surface area contributed by atoms with Gasteiger partial charge in [0.1, 0.15) is 5.82 Å². The Labute approximate surface area is 119 Å². The molecule has 0 bridgehead atoms. The zero-order valence-corrected chi connectivity index (χ0v) is 12.1. The van der Waals surface area contributed by atoms with Gasteiger partial charge in [0.15, 0.2) is 0 Å². The maximum absolute atomic E-state index is 14.3. The molecule has 0 aliphatic heterocycles. The lowest BCUT2D eigenvalue weighted by Crippen LogP contribution is -2.20. The van der Waals surface area contributed by atoms with Gasteiger partial charge in [-0.3, -0.25) is 0 Å². The summed E-state index contributed by atoms with van der Waals surface area (Å²) in [5, 5.41) is 9.90. The first-order chi connectivity index (χ1) is 9.56. The van der Waals surface area contributed by atoms with Crippen LogP contribution in [0.3, 0.4) is 0 Å². The third-order valence-corrected chi connectivity index (χ3v) is 3.46. The van der Waals surface area contributed by atoms with Crippen molar-refractivity contribution in [1.29, 1.82) is 0 Å². The first kappa shape index (κ1) is 14.5. The summed E-state index contributed by atoms with van der Waals surface area (Å²) in [7, 11) is 0. The fraction of sp³-hybridized carbons (Fsp3) is 0.294. The summed E-state index contributed by atoms with van der Waals surface area (Å²) in [4.78, 5) is 1.91. The van der Waals surface area contributed by atoms with Gasteiger partial charge >= 0.3 is 0 Å². The van der Waals surface area contributed by atoms with E-state index in [0.29, 0.717) is 17.8 Å². The van der Waals surface area contributed by atoms with Crippen LogP contribution >= 0.6 is 0 Å². The van der Waals surface area contributed by atoms with Gasteiger partial charge in [-0.25, -0.2) is 4.39 Å². The van der Waals surface area contributed by atoms with Gasteiger partial charge in [-0.15, -0.1) is 0 Å². The van der Waals surface area contributed by atoms with Crippen molar-refractivity contribution < 1.29 is 9.50 Å². The zero-order valence-electron chi connectivity index (χ0n) is 12.1. The van der Waals surface area contributed by atoms with Crippen LogP contribution in [-0.4, -0.2) is 11.7 Å². The Morgan fingerprint density at radius 2 is 1.85 bits per heavy atom. The van der Waals surface area contributed by atoms with Crippen molar-refractivity contribution in [3.63, 3.8) is 0 Å². The average molecular weight is 273 g/mol. The highest BCUT2D eigenvalue weighted by Gasteiger charge is 2.19. The minimum atomic E-state index is -0.709. The van der Waals surface area contributed by atoms with Crippen LogP contribution in [0.2, 0.25) is 0 Å². The molecule has 0 heterocycles. The molecule has 106 valence electrons. The zero-order chi connectivity index (χ0) is 14.7. The number of benzene rings is 2. The fourth-order valence-electron chi connectivity index (χ4n) is 2.47. The number of aryl methyl sites for hydroxylation is 1. The Hall–Kier alpha value is -1.87. The van der Waals surface area contributed by atoms with Crippen LogP contribution in [0.5, 0.6) is 0 Å². The molecule has 2 nitrogen and oxygen atoms in total. The summed E-state index contributed by atoms with van der Waals surface area (Å²) in [6.45, 7) is 6.26. The number of aliphatic hydroxyl groups excluding tert-OH is 1. The van der Waals surface area contributed by atoms with E-state index in [1.165, 1.54) is 6.07 Å². The SMILES string of the molecule is CCN(c1ccccc1C)c1c(F)cccc1[C@H](C)O. The van der Waals surface area contributed by atoms with Crippen LogP contribution < -0.4 is 4.90 Å². The van der Waals surface area contributed by atoms with Crippen LogP contribution in [-0.2, 0) is 0 Å². The van der Waals surface area contributed by atoms with Crippen LogP contribution in [0.25, 0.3) is 0 Å². The number of anilines is 2. The third-order valence-electron chi connectivity index (χ3n) is 3.46. The lowest BCUT2D eigenvalue weighted by molar-refractivity contribution is 0.199. The standard InChI is InChI=1S/C17H20FNO/c1-4-19(16-11-6-5-8-12(16)2)17-14(13(3)20)9-7-10-15(17)18/h5-11,13,20H,4H2,1-3H3/t13-/m0/s1. The van der Waals surface area contributed by atoms with Gasteiger partial charge in [0.05, 0.1) is 11.8 Å². The highest BCUT2D eigenvalue weighted by atomic mass is 19.1. The minimum absolute atomic E-state index is 0.312. The van der Waals surface area contributed by atoms with E-state index in [-0.39, 0.29) is 5.82 Å². The minimum Gasteiger partial charge on any atom is -0.389 e. The van der Waals surface area contributed by atoms with E-state index in [0.717, 1.165) is 11.3 Å². The molecule has 0 amide bonds. The summed E-state index contributed by atoms with van der Waals surface area (Å²) in [6.07, 6.45) is -0.709. The predicted octanol–water partition coefficient (Wildman–Crippen LogP) is 4.35. The van der Waals surface area contributed by atoms with Gasteiger partial charge in [0, 0.05) is 17.8 Å². The largest absolute Gasteiger partial charge is 0.389 e. The Morgan fingerprint density at radius 3 is 2.45 bits per heavy atom. The smallest absolute Gasteiger partial charge is 0.147 e. The molecule has 0 aliphatic carbocycles. The van der Waals surface area contributed by atoms with Crippen molar-refractivity contribution in [1.82, 2.24) is 0 Å². The summed E-state index contributed by atoms with van der Waals surface area (Å²) in [5.74, 6) is -0.312. The molecule has 0 aliphatic rings. The third kappa shape index (κ3) is 2.68. The number of hydrogen-bond donors (Lipinski definition) is 1. The quantitative estimate of drug-likeness (QED) is 0.895. The van der Waals surface area contributed by atoms with Crippen LogP contribution in [0.15, 0.2) is 42.5 Å². The average Bonchev–Trinajstić information content (AvgIpc) is 2.43. The van der Waals surface area contributed by atoms with E-state index in [9.17, 15) is 9.50 Å². The lowest BCUT2D eigenvalue weighted by atomic mass is 10.0. The highest BCUT2D eigenvalue weighted by molar-refractivity contribution is 5.69. The van der Waals surface area contributed by atoms with Crippen molar-refractivity contribution >= 4 is 11.4 Å². The highest BCUT2D eigenvalue weighted by Crippen LogP contribution is 2.35. The van der Waals surface area contributed by atoms with Gasteiger partial charge in [-0.1, -0.05) is 30.3 Å². The summed E-state index contributed by atoms with van der Waals surface area (Å²) in [5.41, 5.74) is 3.10. The predicted molar refractivity (Wildman–Crippen MR) is 80.9 cm³/mol. The van der Waals surface area contributed by atoms with Crippen molar-refractivity contribution in [3.05, 3.63) is 59.4 Å². The number of halogens is 1. The van der Waals surface area contributed by atoms with Gasteiger partial charge in [-0.05, 0) is 38.5 Å². The van der Waals surface area contributed by atoms with Crippen molar-refractivity contribution in [3.8, 4) is 0 Å². The summed E-state index contributed by atoms with van der Waals surface area (Å²) in [6, 6.07) is 12.7. The molecule has 0 fully saturated rings. The number of para-hydroxylation sites is 2. The molecule has 1 atom stereocenters. The van der Waals surface area contributed by atoms with Crippen molar-refractivity contribution in [2.45, 2.75) is 26.9 Å². The molecule has 3 heteroatoms. The van der Waals surface area contributed by atoms with E-state index >= 15 is 0 Å². The van der Waals surface area contributed by atoms with Crippen LogP contribution in [0.4, 0.5) is 15.8 Å². The van der Waals surface area contributed by atoms with E-state index in [4.69, 9.17) is 0 Å². The molecular weight excluding hydrogens is 253 g/mol. The van der Waals surface area contributed by atoms with Gasteiger partial charge in [0.25, 0.3) is 0 Å². The Bertz CT molecular complexity index is 595. The number of aliphatic hydroxyl groups is 1. The normalized spacial score (nSPS) is 12.2. The first-order valence-electron chi connectivity index (χ1n) is 6.86. The molecule has 2 aromatic carbocycles. The number of rotatable bonds is 4. The van der Waals surface area contributed by atoms with Crippen LogP contribution in [0.1, 0.15) is 31.1 Å². The fourth-order valence-corrected chi connectivity index (χ4v) is 2.47. The molecule has 0 radical (unpaired) electrons. The lowest BCUT2D eigenvalue weighted by Gasteiger charge is -2.28. The molecule has 1 N–H and O–H groups in total. The molecule has 0 saturated heterocycles. The first-order valence-corrected chi connectivity index (χ1v) is 6.86. The monoisotopic (exact) mass is 273 g/mol. The molecule has 0 saturated carbocycles. The molecule has 0 spiro atoms. The van der Waals surface area contributed by atoms with Gasteiger partial charge in [-0.2, -0.15) is 0 Å². The van der Waals surface area contributed by atoms with Gasteiger partial charge in [0.2, 0.25) is 0 Å². The molecule has 2 aromatic rings. The number of hydrogen-bond acceptors (Lipinski definition) is 2. The second-order valence-electron chi connectivity index (χ2n) is 4.88. The van der Waals surface area contributed by atoms with Crippen molar-refractivity contribution in [2.75, 3.05) is 11.4 Å². The maximum atomic E-state index is 14.3. The maximum Gasteiger partial charge on any atom is 0.147 e. The molecule has 0 aromatic heterocycles. The molecule has 2 rings (SSSR count).